The lowest BCUT2D eigenvalue weighted by Gasteiger charge is -2.09. The normalized spacial score (nSPS) is 10.8. The van der Waals surface area contributed by atoms with Gasteiger partial charge in [0.15, 0.2) is 0 Å². The van der Waals surface area contributed by atoms with Crippen molar-refractivity contribution >= 4 is 27.5 Å². The zero-order valence-corrected chi connectivity index (χ0v) is 9.89. The maximum Gasteiger partial charge on any atom is 0.264 e. The van der Waals surface area contributed by atoms with E-state index in [4.69, 9.17) is 11.6 Å². The van der Waals surface area contributed by atoms with Gasteiger partial charge in [0.2, 0.25) is 0 Å². The summed E-state index contributed by atoms with van der Waals surface area (Å²) in [7, 11) is 0. The molecule has 4 heteroatoms. The first-order valence-corrected chi connectivity index (χ1v) is 5.23. The van der Waals surface area contributed by atoms with Gasteiger partial charge in [0.05, 0.1) is 9.50 Å². The number of pyridine rings is 1. The molecule has 1 aromatic rings. The fraction of sp³-hybridized carbons (Fsp3) is 0.444. The Balaban J connectivity index is 3.13. The van der Waals surface area contributed by atoms with Gasteiger partial charge in [0.1, 0.15) is 0 Å². The molecule has 0 amide bonds. The van der Waals surface area contributed by atoms with Gasteiger partial charge < -0.3 is 4.57 Å². The van der Waals surface area contributed by atoms with Crippen molar-refractivity contribution in [2.45, 2.75) is 20.4 Å². The fourth-order valence-corrected chi connectivity index (χ4v) is 1.93. The predicted molar refractivity (Wildman–Crippen MR) is 58.3 cm³/mol. The zero-order valence-electron chi connectivity index (χ0n) is 7.55. The highest BCUT2D eigenvalue weighted by Gasteiger charge is 2.04. The number of aromatic nitrogens is 1. The van der Waals surface area contributed by atoms with Crippen LogP contribution in [0.1, 0.15) is 13.8 Å². The fourth-order valence-electron chi connectivity index (χ4n) is 1.09. The van der Waals surface area contributed by atoms with Crippen LogP contribution in [0.5, 0.6) is 0 Å². The van der Waals surface area contributed by atoms with Crippen LogP contribution in [-0.2, 0) is 6.54 Å². The minimum Gasteiger partial charge on any atom is -0.313 e. The van der Waals surface area contributed by atoms with Crippen LogP contribution in [0.15, 0.2) is 21.5 Å². The second-order valence-electron chi connectivity index (χ2n) is 3.36. The Bertz CT molecular complexity index is 359. The van der Waals surface area contributed by atoms with Crippen molar-refractivity contribution < 1.29 is 0 Å². The first-order valence-electron chi connectivity index (χ1n) is 4.06. The highest BCUT2D eigenvalue weighted by molar-refractivity contribution is 9.10. The Labute approximate surface area is 90.7 Å². The van der Waals surface area contributed by atoms with E-state index in [0.29, 0.717) is 22.0 Å². The third-order valence-corrected chi connectivity index (χ3v) is 2.35. The standard InChI is InChI=1S/C9H11BrClNO/c1-6(2)4-12-5-7(11)3-8(10)9(12)13/h3,5-6H,4H2,1-2H3. The van der Waals surface area contributed by atoms with E-state index in [1.54, 1.807) is 16.8 Å². The first kappa shape index (κ1) is 10.8. The average Bonchev–Trinajstić information content (AvgIpc) is 1.98. The van der Waals surface area contributed by atoms with Crippen molar-refractivity contribution in [3.8, 4) is 0 Å². The van der Waals surface area contributed by atoms with Crippen molar-refractivity contribution in [2.24, 2.45) is 5.92 Å². The molecule has 0 unspecified atom stereocenters. The van der Waals surface area contributed by atoms with E-state index < -0.39 is 0 Å². The maximum atomic E-state index is 11.5. The van der Waals surface area contributed by atoms with Crippen LogP contribution in [0, 0.1) is 5.92 Å². The molecular formula is C9H11BrClNO. The molecule has 0 saturated carbocycles. The molecule has 0 aromatic carbocycles. The summed E-state index contributed by atoms with van der Waals surface area (Å²) in [5.74, 6) is 0.433. The number of hydrogen-bond donors (Lipinski definition) is 0. The minimum absolute atomic E-state index is 0.0295. The molecule has 1 aromatic heterocycles. The summed E-state index contributed by atoms with van der Waals surface area (Å²) in [6, 6.07) is 1.61. The van der Waals surface area contributed by atoms with Crippen LogP contribution in [0.2, 0.25) is 5.02 Å². The summed E-state index contributed by atoms with van der Waals surface area (Å²) in [4.78, 5) is 11.5. The average molecular weight is 265 g/mol. The van der Waals surface area contributed by atoms with Crippen molar-refractivity contribution in [3.05, 3.63) is 32.1 Å². The van der Waals surface area contributed by atoms with E-state index >= 15 is 0 Å². The van der Waals surface area contributed by atoms with Crippen LogP contribution in [-0.4, -0.2) is 4.57 Å². The van der Waals surface area contributed by atoms with E-state index in [9.17, 15) is 4.79 Å². The van der Waals surface area contributed by atoms with E-state index in [1.807, 2.05) is 0 Å². The molecule has 0 saturated heterocycles. The molecule has 13 heavy (non-hydrogen) atoms. The van der Waals surface area contributed by atoms with Gasteiger partial charge in [-0.15, -0.1) is 0 Å². The van der Waals surface area contributed by atoms with Crippen molar-refractivity contribution in [1.29, 1.82) is 0 Å². The van der Waals surface area contributed by atoms with Gasteiger partial charge in [-0.2, -0.15) is 0 Å². The third kappa shape index (κ3) is 2.85. The minimum atomic E-state index is -0.0295. The molecule has 0 aliphatic carbocycles. The number of nitrogens with zero attached hydrogens (tertiary/aromatic N) is 1. The summed E-state index contributed by atoms with van der Waals surface area (Å²) < 4.78 is 2.14. The van der Waals surface area contributed by atoms with Crippen LogP contribution < -0.4 is 5.56 Å². The number of halogens is 2. The number of rotatable bonds is 2. The molecule has 1 heterocycles. The van der Waals surface area contributed by atoms with Crippen molar-refractivity contribution in [2.75, 3.05) is 0 Å². The van der Waals surface area contributed by atoms with Crippen LogP contribution in [0.4, 0.5) is 0 Å². The summed E-state index contributed by atoms with van der Waals surface area (Å²) >= 11 is 8.98. The molecule has 0 N–H and O–H groups in total. The highest BCUT2D eigenvalue weighted by atomic mass is 79.9. The van der Waals surface area contributed by atoms with Gasteiger partial charge >= 0.3 is 0 Å². The largest absolute Gasteiger partial charge is 0.313 e. The van der Waals surface area contributed by atoms with Gasteiger partial charge in [-0.25, -0.2) is 0 Å². The van der Waals surface area contributed by atoms with Crippen molar-refractivity contribution in [1.82, 2.24) is 4.57 Å². The van der Waals surface area contributed by atoms with E-state index in [1.165, 1.54) is 0 Å². The van der Waals surface area contributed by atoms with Gasteiger partial charge in [0, 0.05) is 12.7 Å². The maximum absolute atomic E-state index is 11.5. The zero-order chi connectivity index (χ0) is 10.0. The molecule has 0 atom stereocenters. The van der Waals surface area contributed by atoms with Crippen LogP contribution in [0.3, 0.4) is 0 Å². The second-order valence-corrected chi connectivity index (χ2v) is 4.65. The summed E-state index contributed by atoms with van der Waals surface area (Å²) in [5.41, 5.74) is -0.0295. The molecule has 1 rings (SSSR count). The summed E-state index contributed by atoms with van der Waals surface area (Å²) in [5, 5.41) is 0.576. The van der Waals surface area contributed by atoms with Gasteiger partial charge in [0.25, 0.3) is 5.56 Å². The molecule has 0 radical (unpaired) electrons. The molecule has 0 aliphatic heterocycles. The quantitative estimate of drug-likeness (QED) is 0.805. The molecular weight excluding hydrogens is 253 g/mol. The lowest BCUT2D eigenvalue weighted by molar-refractivity contribution is 0.510. The van der Waals surface area contributed by atoms with Gasteiger partial charge in [-0.05, 0) is 27.9 Å². The summed E-state index contributed by atoms with van der Waals surface area (Å²) in [6.07, 6.45) is 1.66. The monoisotopic (exact) mass is 263 g/mol. The lowest BCUT2D eigenvalue weighted by Crippen LogP contribution is -2.22. The van der Waals surface area contributed by atoms with Crippen molar-refractivity contribution in [3.63, 3.8) is 0 Å². The molecule has 0 bridgehead atoms. The first-order chi connectivity index (χ1) is 6.00. The second kappa shape index (κ2) is 4.29. The SMILES string of the molecule is CC(C)Cn1cc(Cl)cc(Br)c1=O. The Morgan fingerprint density at radius 3 is 2.77 bits per heavy atom. The van der Waals surface area contributed by atoms with Crippen LogP contribution in [0.25, 0.3) is 0 Å². The summed E-state index contributed by atoms with van der Waals surface area (Å²) in [6.45, 7) is 4.81. The predicted octanol–water partition coefficient (Wildman–Crippen LogP) is 2.92. The topological polar surface area (TPSA) is 22.0 Å². The number of hydrogen-bond acceptors (Lipinski definition) is 1. The smallest absolute Gasteiger partial charge is 0.264 e. The third-order valence-electron chi connectivity index (χ3n) is 1.57. The molecule has 2 nitrogen and oxygen atoms in total. The molecule has 0 aliphatic rings. The van der Waals surface area contributed by atoms with Crippen LogP contribution >= 0.6 is 27.5 Å². The van der Waals surface area contributed by atoms with E-state index in [2.05, 4.69) is 29.8 Å². The van der Waals surface area contributed by atoms with E-state index in [-0.39, 0.29) is 5.56 Å². The Hall–Kier alpha value is -0.280. The Morgan fingerprint density at radius 2 is 2.23 bits per heavy atom. The van der Waals surface area contributed by atoms with Gasteiger partial charge in [-0.3, -0.25) is 4.79 Å². The lowest BCUT2D eigenvalue weighted by atomic mass is 10.2. The molecule has 0 fully saturated rings. The highest BCUT2D eigenvalue weighted by Crippen LogP contribution is 2.12. The van der Waals surface area contributed by atoms with E-state index in [0.717, 1.165) is 0 Å². The molecule has 72 valence electrons. The Kier molecular flexibility index (Phi) is 3.56. The van der Waals surface area contributed by atoms with Gasteiger partial charge in [-0.1, -0.05) is 25.4 Å². The Morgan fingerprint density at radius 1 is 1.62 bits per heavy atom. The molecule has 0 spiro atoms.